The van der Waals surface area contributed by atoms with Crippen LogP contribution in [0.15, 0.2) is 48.5 Å². The number of nitrogens with zero attached hydrogens (tertiary/aromatic N) is 1. The van der Waals surface area contributed by atoms with Crippen molar-refractivity contribution in [2.45, 2.75) is 6.18 Å². The van der Waals surface area contributed by atoms with Crippen LogP contribution in [-0.4, -0.2) is 24.0 Å². The molecule has 0 atom stereocenters. The van der Waals surface area contributed by atoms with Gasteiger partial charge < -0.3 is 15.3 Å². The van der Waals surface area contributed by atoms with Gasteiger partial charge in [0.25, 0.3) is 0 Å². The average Bonchev–Trinajstić information content (AvgIpc) is 2.53. The Kier molecular flexibility index (Phi) is 4.77. The first-order chi connectivity index (χ1) is 11.2. The van der Waals surface area contributed by atoms with Crippen LogP contribution in [0.25, 0.3) is 0 Å². The zero-order valence-corrected chi connectivity index (χ0v) is 12.5. The first-order valence-corrected chi connectivity index (χ1v) is 6.74. The third-order valence-corrected chi connectivity index (χ3v) is 3.18. The van der Waals surface area contributed by atoms with E-state index in [4.69, 9.17) is 0 Å². The number of nitrogens with one attached hydrogen (secondary N) is 1. The lowest BCUT2D eigenvalue weighted by Gasteiger charge is -2.17. The highest BCUT2D eigenvalue weighted by Gasteiger charge is 2.30. The summed E-state index contributed by atoms with van der Waals surface area (Å²) in [5.74, 6) is -2.05. The number of carbonyl (C=O) groups excluding carboxylic acids is 2. The van der Waals surface area contributed by atoms with Crippen molar-refractivity contribution < 1.29 is 27.9 Å². The molecule has 2 rings (SSSR count). The Morgan fingerprint density at radius 2 is 1.71 bits per heavy atom. The quantitative estimate of drug-likeness (QED) is 0.827. The number of alkyl halides is 3. The van der Waals surface area contributed by atoms with E-state index in [0.717, 1.165) is 23.1 Å². The molecule has 2 N–H and O–H groups in total. The van der Waals surface area contributed by atoms with Gasteiger partial charge in [-0.2, -0.15) is 13.2 Å². The van der Waals surface area contributed by atoms with E-state index < -0.39 is 23.6 Å². The van der Waals surface area contributed by atoms with E-state index in [1.165, 1.54) is 37.4 Å². The Labute approximate surface area is 135 Å². The third kappa shape index (κ3) is 4.03. The molecule has 0 aliphatic rings. The van der Waals surface area contributed by atoms with Gasteiger partial charge in [0.05, 0.1) is 5.56 Å². The molecule has 0 spiro atoms. The van der Waals surface area contributed by atoms with Crippen molar-refractivity contribution in [2.24, 2.45) is 0 Å². The molecule has 0 heterocycles. The van der Waals surface area contributed by atoms with Crippen molar-refractivity contribution in [3.63, 3.8) is 0 Å². The summed E-state index contributed by atoms with van der Waals surface area (Å²) >= 11 is 0. The van der Waals surface area contributed by atoms with Crippen molar-refractivity contribution in [2.75, 3.05) is 17.3 Å². The molecular weight excluding hydrogens is 325 g/mol. The highest BCUT2D eigenvalue weighted by molar-refractivity contribution is 6.44. The number of rotatable bonds is 2. The van der Waals surface area contributed by atoms with E-state index in [1.54, 1.807) is 0 Å². The molecule has 0 bridgehead atoms. The summed E-state index contributed by atoms with van der Waals surface area (Å²) in [5.41, 5.74) is -0.723. The first kappa shape index (κ1) is 17.3. The second kappa shape index (κ2) is 6.61. The standard InChI is InChI=1S/C16H13F3N2O3/c1-21(12-5-7-13(22)8-6-12)15(24)14(23)20-11-4-2-3-10(9-11)16(17,18)19/h2-9,22H,1H3,(H,20,23). The minimum Gasteiger partial charge on any atom is -0.508 e. The van der Waals surface area contributed by atoms with Gasteiger partial charge in [-0.3, -0.25) is 9.59 Å². The smallest absolute Gasteiger partial charge is 0.416 e. The molecule has 2 amide bonds. The molecule has 0 unspecified atom stereocenters. The Balaban J connectivity index is 2.11. The van der Waals surface area contributed by atoms with Crippen molar-refractivity contribution >= 4 is 23.2 Å². The summed E-state index contributed by atoms with van der Waals surface area (Å²) < 4.78 is 37.9. The number of hydrogen-bond acceptors (Lipinski definition) is 3. The van der Waals surface area contributed by atoms with Crippen LogP contribution in [0.3, 0.4) is 0 Å². The molecule has 5 nitrogen and oxygen atoms in total. The highest BCUT2D eigenvalue weighted by atomic mass is 19.4. The van der Waals surface area contributed by atoms with Gasteiger partial charge in [0.2, 0.25) is 0 Å². The topological polar surface area (TPSA) is 69.6 Å². The molecular formula is C16H13F3N2O3. The molecule has 8 heteroatoms. The number of phenolic OH excluding ortho intramolecular Hbond substituents is 1. The summed E-state index contributed by atoms with van der Waals surface area (Å²) in [4.78, 5) is 25.0. The van der Waals surface area contributed by atoms with Gasteiger partial charge in [-0.25, -0.2) is 0 Å². The van der Waals surface area contributed by atoms with Gasteiger partial charge in [-0.05, 0) is 42.5 Å². The fourth-order valence-corrected chi connectivity index (χ4v) is 1.90. The lowest BCUT2D eigenvalue weighted by molar-refractivity contribution is -0.137. The van der Waals surface area contributed by atoms with E-state index in [0.29, 0.717) is 5.69 Å². The van der Waals surface area contributed by atoms with Gasteiger partial charge in [-0.1, -0.05) is 6.07 Å². The number of hydrogen-bond donors (Lipinski definition) is 2. The number of carbonyl (C=O) groups is 2. The zero-order chi connectivity index (χ0) is 17.9. The summed E-state index contributed by atoms with van der Waals surface area (Å²) in [5, 5.41) is 11.3. The van der Waals surface area contributed by atoms with Crippen LogP contribution in [0.5, 0.6) is 5.75 Å². The van der Waals surface area contributed by atoms with E-state index in [2.05, 4.69) is 5.32 Å². The predicted octanol–water partition coefficient (Wildman–Crippen LogP) is 3.01. The molecule has 24 heavy (non-hydrogen) atoms. The number of likely N-dealkylation sites (N-methyl/N-ethyl adjacent to an activating group) is 1. The number of aromatic hydroxyl groups is 1. The zero-order valence-electron chi connectivity index (χ0n) is 12.5. The lowest BCUT2D eigenvalue weighted by atomic mass is 10.2. The maximum Gasteiger partial charge on any atom is 0.416 e. The SMILES string of the molecule is CN(C(=O)C(=O)Nc1cccc(C(F)(F)F)c1)c1ccc(O)cc1. The number of phenols is 1. The van der Waals surface area contributed by atoms with E-state index in [1.807, 2.05) is 0 Å². The minimum atomic E-state index is -4.55. The van der Waals surface area contributed by atoms with E-state index in [9.17, 15) is 27.9 Å². The second-order valence-corrected chi connectivity index (χ2v) is 4.91. The molecule has 0 aromatic heterocycles. The van der Waals surface area contributed by atoms with Crippen molar-refractivity contribution in [1.29, 1.82) is 0 Å². The van der Waals surface area contributed by atoms with Gasteiger partial charge in [0.1, 0.15) is 5.75 Å². The molecule has 2 aromatic carbocycles. The summed E-state index contributed by atoms with van der Waals surface area (Å²) in [6.07, 6.45) is -4.55. The van der Waals surface area contributed by atoms with Crippen molar-refractivity contribution in [3.05, 3.63) is 54.1 Å². The summed E-state index contributed by atoms with van der Waals surface area (Å²) in [7, 11) is 1.33. The van der Waals surface area contributed by atoms with Crippen LogP contribution in [0, 0.1) is 0 Å². The predicted molar refractivity (Wildman–Crippen MR) is 81.6 cm³/mol. The van der Waals surface area contributed by atoms with Crippen molar-refractivity contribution in [1.82, 2.24) is 0 Å². The molecule has 0 saturated heterocycles. The van der Waals surface area contributed by atoms with Gasteiger partial charge in [0.15, 0.2) is 0 Å². The maximum absolute atomic E-state index is 12.6. The Hall–Kier alpha value is -3.03. The molecule has 0 radical (unpaired) electrons. The number of halogens is 3. The maximum atomic E-state index is 12.6. The van der Waals surface area contributed by atoms with E-state index >= 15 is 0 Å². The molecule has 2 aromatic rings. The van der Waals surface area contributed by atoms with Crippen LogP contribution in [0.2, 0.25) is 0 Å². The number of benzene rings is 2. The summed E-state index contributed by atoms with van der Waals surface area (Å²) in [6, 6.07) is 9.50. The minimum absolute atomic E-state index is 0.00647. The third-order valence-electron chi connectivity index (χ3n) is 3.18. The fraction of sp³-hybridized carbons (Fsp3) is 0.125. The largest absolute Gasteiger partial charge is 0.508 e. The van der Waals surface area contributed by atoms with Crippen LogP contribution in [0.1, 0.15) is 5.56 Å². The van der Waals surface area contributed by atoms with Crippen LogP contribution < -0.4 is 10.2 Å². The van der Waals surface area contributed by atoms with Crippen LogP contribution >= 0.6 is 0 Å². The number of anilines is 2. The van der Waals surface area contributed by atoms with E-state index in [-0.39, 0.29) is 11.4 Å². The molecule has 0 aliphatic carbocycles. The lowest BCUT2D eigenvalue weighted by Crippen LogP contribution is -2.37. The van der Waals surface area contributed by atoms with Crippen LogP contribution in [0.4, 0.5) is 24.5 Å². The van der Waals surface area contributed by atoms with Gasteiger partial charge in [-0.15, -0.1) is 0 Å². The van der Waals surface area contributed by atoms with Crippen molar-refractivity contribution in [3.8, 4) is 5.75 Å². The Morgan fingerprint density at radius 1 is 1.08 bits per heavy atom. The normalized spacial score (nSPS) is 11.0. The van der Waals surface area contributed by atoms with Crippen LogP contribution in [-0.2, 0) is 15.8 Å². The Morgan fingerprint density at radius 3 is 2.29 bits per heavy atom. The first-order valence-electron chi connectivity index (χ1n) is 6.74. The number of amides is 2. The second-order valence-electron chi connectivity index (χ2n) is 4.91. The molecule has 0 fully saturated rings. The Bertz CT molecular complexity index is 758. The molecule has 0 saturated carbocycles. The molecule has 0 aliphatic heterocycles. The average molecular weight is 338 g/mol. The van der Waals surface area contributed by atoms with Gasteiger partial charge >= 0.3 is 18.0 Å². The fourth-order valence-electron chi connectivity index (χ4n) is 1.90. The highest BCUT2D eigenvalue weighted by Crippen LogP contribution is 2.30. The summed E-state index contributed by atoms with van der Waals surface area (Å²) in [6.45, 7) is 0. The monoisotopic (exact) mass is 338 g/mol. The molecule has 126 valence electrons. The van der Waals surface area contributed by atoms with Gasteiger partial charge in [0, 0.05) is 18.4 Å².